The van der Waals surface area contributed by atoms with Gasteiger partial charge in [-0.05, 0) is 23.8 Å². The standard InChI is InChI=1S/C14H14N4O4/c19-4-3-18-12(20)6-11(13(18)21)16-9-1-2-10-8(5-9)7-15-14(22)17-10/h1-2,5-6,16,19H,3-4,7H2,(H2,15,17,22). The number of aliphatic hydroxyl groups excluding tert-OH is 1. The van der Waals surface area contributed by atoms with Gasteiger partial charge in [0.15, 0.2) is 0 Å². The molecule has 0 aromatic heterocycles. The van der Waals surface area contributed by atoms with Gasteiger partial charge in [-0.15, -0.1) is 0 Å². The second-order valence-electron chi connectivity index (χ2n) is 4.88. The summed E-state index contributed by atoms with van der Waals surface area (Å²) < 4.78 is 0. The number of nitrogens with zero attached hydrogens (tertiary/aromatic N) is 1. The molecule has 1 aromatic rings. The third-order valence-corrected chi connectivity index (χ3v) is 3.40. The number of carbonyl (C=O) groups is 3. The van der Waals surface area contributed by atoms with Gasteiger partial charge < -0.3 is 21.1 Å². The van der Waals surface area contributed by atoms with Crippen LogP contribution in [0.5, 0.6) is 0 Å². The van der Waals surface area contributed by atoms with Crippen LogP contribution in [0.1, 0.15) is 5.56 Å². The molecule has 0 saturated carbocycles. The number of hydrogen-bond acceptors (Lipinski definition) is 5. The van der Waals surface area contributed by atoms with Crippen molar-refractivity contribution in [1.29, 1.82) is 0 Å². The quantitative estimate of drug-likeness (QED) is 0.584. The number of β-amino-alcohol motifs (C(OH)–C–C–N with tert-alkyl or cyclic N) is 1. The van der Waals surface area contributed by atoms with Crippen molar-refractivity contribution in [3.63, 3.8) is 0 Å². The summed E-state index contributed by atoms with van der Waals surface area (Å²) in [6.45, 7) is 0.0849. The minimum Gasteiger partial charge on any atom is -0.395 e. The molecule has 2 aliphatic heterocycles. The molecule has 0 radical (unpaired) electrons. The molecule has 0 unspecified atom stereocenters. The van der Waals surface area contributed by atoms with E-state index in [1.807, 2.05) is 0 Å². The lowest BCUT2D eigenvalue weighted by Gasteiger charge is -2.19. The molecule has 0 atom stereocenters. The summed E-state index contributed by atoms with van der Waals surface area (Å²) in [5, 5.41) is 17.1. The average Bonchev–Trinajstić information content (AvgIpc) is 2.75. The lowest BCUT2D eigenvalue weighted by Crippen LogP contribution is -2.34. The van der Waals surface area contributed by atoms with E-state index in [1.165, 1.54) is 6.08 Å². The Morgan fingerprint density at radius 1 is 1.27 bits per heavy atom. The maximum absolute atomic E-state index is 12.0. The van der Waals surface area contributed by atoms with E-state index in [9.17, 15) is 14.4 Å². The van der Waals surface area contributed by atoms with E-state index >= 15 is 0 Å². The van der Waals surface area contributed by atoms with Gasteiger partial charge in [0.05, 0.1) is 13.2 Å². The summed E-state index contributed by atoms with van der Waals surface area (Å²) in [6.07, 6.45) is 1.21. The van der Waals surface area contributed by atoms with Crippen molar-refractivity contribution in [2.75, 3.05) is 23.8 Å². The van der Waals surface area contributed by atoms with E-state index in [4.69, 9.17) is 5.11 Å². The molecule has 0 spiro atoms. The number of aliphatic hydroxyl groups is 1. The van der Waals surface area contributed by atoms with Gasteiger partial charge in [0.2, 0.25) is 0 Å². The molecule has 0 saturated heterocycles. The van der Waals surface area contributed by atoms with Crippen LogP contribution in [0, 0.1) is 0 Å². The van der Waals surface area contributed by atoms with Crippen molar-refractivity contribution in [2.45, 2.75) is 6.54 Å². The van der Waals surface area contributed by atoms with Gasteiger partial charge >= 0.3 is 6.03 Å². The highest BCUT2D eigenvalue weighted by Crippen LogP contribution is 2.25. The van der Waals surface area contributed by atoms with Crippen LogP contribution in [-0.2, 0) is 16.1 Å². The van der Waals surface area contributed by atoms with E-state index in [0.717, 1.165) is 10.5 Å². The summed E-state index contributed by atoms with van der Waals surface area (Å²) in [7, 11) is 0. The fraction of sp³-hybridized carbons (Fsp3) is 0.214. The Balaban J connectivity index is 1.77. The molecule has 0 aliphatic carbocycles. The molecule has 3 rings (SSSR count). The van der Waals surface area contributed by atoms with E-state index in [2.05, 4.69) is 16.0 Å². The van der Waals surface area contributed by atoms with E-state index < -0.39 is 11.8 Å². The van der Waals surface area contributed by atoms with Crippen molar-refractivity contribution >= 4 is 29.2 Å². The Hall–Kier alpha value is -2.87. The number of hydrogen-bond donors (Lipinski definition) is 4. The Morgan fingerprint density at radius 2 is 2.09 bits per heavy atom. The zero-order chi connectivity index (χ0) is 15.7. The molecule has 22 heavy (non-hydrogen) atoms. The number of rotatable bonds is 4. The van der Waals surface area contributed by atoms with E-state index in [0.29, 0.717) is 17.9 Å². The van der Waals surface area contributed by atoms with Crippen LogP contribution in [0.2, 0.25) is 0 Å². The summed E-state index contributed by atoms with van der Waals surface area (Å²) in [4.78, 5) is 35.9. The van der Waals surface area contributed by atoms with Crippen LogP contribution < -0.4 is 16.0 Å². The van der Waals surface area contributed by atoms with Crippen LogP contribution in [0.25, 0.3) is 0 Å². The van der Waals surface area contributed by atoms with Gasteiger partial charge in [0.1, 0.15) is 5.70 Å². The number of amides is 4. The number of imide groups is 1. The van der Waals surface area contributed by atoms with E-state index in [-0.39, 0.29) is 24.9 Å². The van der Waals surface area contributed by atoms with E-state index in [1.54, 1.807) is 18.2 Å². The molecule has 0 fully saturated rings. The van der Waals surface area contributed by atoms with Crippen molar-refractivity contribution < 1.29 is 19.5 Å². The van der Waals surface area contributed by atoms with Gasteiger partial charge in [-0.1, -0.05) is 0 Å². The second-order valence-corrected chi connectivity index (χ2v) is 4.88. The lowest BCUT2D eigenvalue weighted by atomic mass is 10.1. The van der Waals surface area contributed by atoms with Gasteiger partial charge in [-0.3, -0.25) is 14.5 Å². The molecule has 114 valence electrons. The highest BCUT2D eigenvalue weighted by molar-refractivity contribution is 6.17. The predicted octanol–water partition coefficient (Wildman–Crippen LogP) is -0.0214. The maximum atomic E-state index is 12.0. The monoisotopic (exact) mass is 302 g/mol. The molecule has 0 bridgehead atoms. The molecule has 4 N–H and O–H groups in total. The summed E-state index contributed by atoms with van der Waals surface area (Å²) in [6, 6.07) is 4.96. The molecule has 2 aliphatic rings. The molecule has 4 amide bonds. The highest BCUT2D eigenvalue weighted by atomic mass is 16.3. The Morgan fingerprint density at radius 3 is 2.86 bits per heavy atom. The minimum absolute atomic E-state index is 0.0283. The smallest absolute Gasteiger partial charge is 0.319 e. The molecule has 8 nitrogen and oxygen atoms in total. The van der Waals surface area contributed by atoms with Crippen LogP contribution >= 0.6 is 0 Å². The molecular formula is C14H14N4O4. The average molecular weight is 302 g/mol. The first-order chi connectivity index (χ1) is 10.6. The van der Waals surface area contributed by atoms with Gasteiger partial charge in [-0.25, -0.2) is 4.79 Å². The Labute approximate surface area is 125 Å². The van der Waals surface area contributed by atoms with Crippen molar-refractivity contribution in [3.8, 4) is 0 Å². The highest BCUT2D eigenvalue weighted by Gasteiger charge is 2.30. The fourth-order valence-corrected chi connectivity index (χ4v) is 2.35. The largest absolute Gasteiger partial charge is 0.395 e. The lowest BCUT2D eigenvalue weighted by molar-refractivity contribution is -0.137. The Bertz CT molecular complexity index is 698. The first-order valence-electron chi connectivity index (χ1n) is 6.71. The van der Waals surface area contributed by atoms with Crippen LogP contribution in [0.4, 0.5) is 16.2 Å². The van der Waals surface area contributed by atoms with Crippen LogP contribution in [0.15, 0.2) is 30.0 Å². The maximum Gasteiger partial charge on any atom is 0.319 e. The molecule has 8 heteroatoms. The topological polar surface area (TPSA) is 111 Å². The minimum atomic E-state index is -0.469. The SMILES string of the molecule is O=C1NCc2cc(NC3=CC(=O)N(CCO)C3=O)ccc2N1. The number of fused-ring (bicyclic) bond motifs is 1. The molecule has 1 aromatic carbocycles. The third kappa shape index (κ3) is 2.51. The zero-order valence-electron chi connectivity index (χ0n) is 11.5. The van der Waals surface area contributed by atoms with Gasteiger partial charge in [0.25, 0.3) is 11.8 Å². The third-order valence-electron chi connectivity index (χ3n) is 3.40. The Kier molecular flexibility index (Phi) is 3.51. The predicted molar refractivity (Wildman–Crippen MR) is 77.8 cm³/mol. The summed E-state index contributed by atoms with van der Waals surface area (Å²) >= 11 is 0. The first kappa shape index (κ1) is 14.1. The number of nitrogens with one attached hydrogen (secondary N) is 3. The number of carbonyl (C=O) groups excluding carboxylic acids is 3. The molecule has 2 heterocycles. The fourth-order valence-electron chi connectivity index (χ4n) is 2.35. The second kappa shape index (κ2) is 5.49. The van der Waals surface area contributed by atoms with Crippen molar-refractivity contribution in [1.82, 2.24) is 10.2 Å². The summed E-state index contributed by atoms with van der Waals surface area (Å²) in [5.41, 5.74) is 2.37. The number of anilines is 2. The zero-order valence-corrected chi connectivity index (χ0v) is 11.5. The van der Waals surface area contributed by atoms with Gasteiger partial charge in [-0.2, -0.15) is 0 Å². The van der Waals surface area contributed by atoms with Crippen molar-refractivity contribution in [2.24, 2.45) is 0 Å². The summed E-state index contributed by atoms with van der Waals surface area (Å²) in [5.74, 6) is -0.920. The number of benzene rings is 1. The van der Waals surface area contributed by atoms with Gasteiger partial charge in [0, 0.05) is 24.0 Å². The van der Waals surface area contributed by atoms with Crippen molar-refractivity contribution in [3.05, 3.63) is 35.5 Å². The van der Waals surface area contributed by atoms with Crippen LogP contribution in [0.3, 0.4) is 0 Å². The normalized spacial score (nSPS) is 16.9. The van der Waals surface area contributed by atoms with Crippen LogP contribution in [-0.4, -0.2) is 41.0 Å². The molecular weight excluding hydrogens is 288 g/mol. The first-order valence-corrected chi connectivity index (χ1v) is 6.71. The number of urea groups is 1.